The van der Waals surface area contributed by atoms with Crippen molar-refractivity contribution in [2.45, 2.75) is 25.3 Å². The molecule has 1 unspecified atom stereocenters. The van der Waals surface area contributed by atoms with Crippen LogP contribution in [0.25, 0.3) is 22.4 Å². The van der Waals surface area contributed by atoms with Gasteiger partial charge in [0.1, 0.15) is 11.8 Å². The summed E-state index contributed by atoms with van der Waals surface area (Å²) >= 11 is 0. The summed E-state index contributed by atoms with van der Waals surface area (Å²) in [5.74, 6) is 0.760. The molecular weight excluding hydrogens is 262 g/mol. The molecule has 0 aliphatic heterocycles. The first kappa shape index (κ1) is 12.5. The maximum Gasteiger partial charge on any atom is 0.163 e. The Morgan fingerprint density at radius 2 is 2.19 bits per heavy atom. The van der Waals surface area contributed by atoms with Crippen molar-refractivity contribution in [1.82, 2.24) is 15.3 Å². The molecule has 0 amide bonds. The third-order valence-corrected chi connectivity index (χ3v) is 4.25. The number of hydrogen-bond acceptors (Lipinski definition) is 4. The van der Waals surface area contributed by atoms with Gasteiger partial charge in [-0.3, -0.25) is 0 Å². The van der Waals surface area contributed by atoms with Gasteiger partial charge in [-0.05, 0) is 32.4 Å². The molecule has 0 bridgehead atoms. The molecule has 0 radical (unpaired) electrons. The van der Waals surface area contributed by atoms with Crippen LogP contribution in [0, 0.1) is 0 Å². The van der Waals surface area contributed by atoms with E-state index >= 15 is 0 Å². The van der Waals surface area contributed by atoms with Gasteiger partial charge in [0, 0.05) is 28.9 Å². The molecule has 1 N–H and O–H groups in total. The van der Waals surface area contributed by atoms with Crippen LogP contribution in [0.1, 0.15) is 30.1 Å². The molecule has 3 aromatic rings. The van der Waals surface area contributed by atoms with Crippen molar-refractivity contribution in [3.05, 3.63) is 48.0 Å². The van der Waals surface area contributed by atoms with Crippen molar-refractivity contribution < 1.29 is 4.42 Å². The van der Waals surface area contributed by atoms with E-state index in [1.54, 1.807) is 6.26 Å². The van der Waals surface area contributed by atoms with Crippen LogP contribution in [0.5, 0.6) is 0 Å². The summed E-state index contributed by atoms with van der Waals surface area (Å²) in [6.45, 7) is 0. The fraction of sp³-hybridized carbons (Fsp3) is 0.294. The molecule has 0 saturated heterocycles. The quantitative estimate of drug-likeness (QED) is 0.780. The van der Waals surface area contributed by atoms with E-state index in [4.69, 9.17) is 9.40 Å². The van der Waals surface area contributed by atoms with E-state index in [0.717, 1.165) is 40.9 Å². The average molecular weight is 279 g/mol. The molecule has 2 aromatic heterocycles. The molecule has 0 saturated carbocycles. The van der Waals surface area contributed by atoms with Crippen molar-refractivity contribution >= 4 is 11.0 Å². The zero-order valence-electron chi connectivity index (χ0n) is 12.0. The van der Waals surface area contributed by atoms with Crippen LogP contribution in [-0.4, -0.2) is 17.0 Å². The first-order valence-electron chi connectivity index (χ1n) is 7.36. The first-order chi connectivity index (χ1) is 10.4. The van der Waals surface area contributed by atoms with Gasteiger partial charge in [-0.2, -0.15) is 0 Å². The van der Waals surface area contributed by atoms with Gasteiger partial charge >= 0.3 is 0 Å². The highest BCUT2D eigenvalue weighted by molar-refractivity contribution is 5.91. The number of para-hydroxylation sites is 1. The van der Waals surface area contributed by atoms with Gasteiger partial charge in [0.15, 0.2) is 5.82 Å². The van der Waals surface area contributed by atoms with E-state index in [-0.39, 0.29) is 0 Å². The summed E-state index contributed by atoms with van der Waals surface area (Å²) in [5.41, 5.74) is 4.25. The van der Waals surface area contributed by atoms with Crippen molar-refractivity contribution in [3.63, 3.8) is 0 Å². The molecule has 1 aromatic carbocycles. The smallest absolute Gasteiger partial charge is 0.163 e. The van der Waals surface area contributed by atoms with Gasteiger partial charge in [-0.1, -0.05) is 18.2 Å². The van der Waals surface area contributed by atoms with Crippen LogP contribution < -0.4 is 5.32 Å². The molecule has 0 spiro atoms. The van der Waals surface area contributed by atoms with Crippen molar-refractivity contribution in [1.29, 1.82) is 0 Å². The average Bonchev–Trinajstić information content (AvgIpc) is 2.97. The second kappa shape index (κ2) is 4.97. The Labute approximate surface area is 123 Å². The Balaban J connectivity index is 1.83. The summed E-state index contributed by atoms with van der Waals surface area (Å²) in [6, 6.07) is 8.38. The topological polar surface area (TPSA) is 51.0 Å². The van der Waals surface area contributed by atoms with Gasteiger partial charge in [0.05, 0.1) is 5.56 Å². The molecule has 106 valence electrons. The Bertz CT molecular complexity index is 794. The summed E-state index contributed by atoms with van der Waals surface area (Å²) in [5, 5.41) is 4.41. The lowest BCUT2D eigenvalue weighted by Gasteiger charge is -2.24. The van der Waals surface area contributed by atoms with Gasteiger partial charge in [-0.25, -0.2) is 9.97 Å². The molecule has 1 aliphatic rings. The fourth-order valence-electron chi connectivity index (χ4n) is 3.13. The highest BCUT2D eigenvalue weighted by Gasteiger charge is 2.21. The minimum atomic E-state index is 0.379. The second-order valence-electron chi connectivity index (χ2n) is 5.47. The minimum absolute atomic E-state index is 0.379. The number of benzene rings is 1. The Morgan fingerprint density at radius 1 is 1.29 bits per heavy atom. The van der Waals surface area contributed by atoms with E-state index in [0.29, 0.717) is 6.04 Å². The number of furan rings is 1. The predicted octanol–water partition coefficient (Wildman–Crippen LogP) is 3.49. The van der Waals surface area contributed by atoms with Crippen LogP contribution in [0.3, 0.4) is 0 Å². The van der Waals surface area contributed by atoms with Crippen LogP contribution in [0.15, 0.2) is 41.1 Å². The van der Waals surface area contributed by atoms with Crippen LogP contribution >= 0.6 is 0 Å². The Hall–Kier alpha value is -2.20. The maximum absolute atomic E-state index is 5.60. The molecule has 0 fully saturated rings. The Kier molecular flexibility index (Phi) is 2.97. The predicted molar refractivity (Wildman–Crippen MR) is 82.0 cm³/mol. The lowest BCUT2D eigenvalue weighted by Crippen LogP contribution is -2.22. The number of nitrogens with zero attached hydrogens (tertiary/aromatic N) is 2. The number of aromatic nitrogens is 2. The van der Waals surface area contributed by atoms with Gasteiger partial charge in [-0.15, -0.1) is 0 Å². The molecule has 4 rings (SSSR count). The van der Waals surface area contributed by atoms with E-state index in [1.807, 2.05) is 37.5 Å². The summed E-state index contributed by atoms with van der Waals surface area (Å²) < 4.78 is 5.60. The molecule has 4 nitrogen and oxygen atoms in total. The molecule has 1 atom stereocenters. The van der Waals surface area contributed by atoms with Crippen molar-refractivity contribution in [3.8, 4) is 11.4 Å². The zero-order valence-corrected chi connectivity index (χ0v) is 12.0. The molecular formula is C17H17N3O. The van der Waals surface area contributed by atoms with Crippen molar-refractivity contribution in [2.24, 2.45) is 0 Å². The maximum atomic E-state index is 5.60. The van der Waals surface area contributed by atoms with Gasteiger partial charge in [0.2, 0.25) is 0 Å². The standard InChI is InChI=1S/C17H17N3O/c1-18-14-6-4-7-15-12(14)9-19-17(20-15)13-10-21-16-8-3-2-5-11(13)16/h2-3,5,8-10,14,18H,4,6-7H2,1H3. The lowest BCUT2D eigenvalue weighted by atomic mass is 9.92. The fourth-order valence-corrected chi connectivity index (χ4v) is 3.13. The van der Waals surface area contributed by atoms with Crippen LogP contribution in [-0.2, 0) is 6.42 Å². The largest absolute Gasteiger partial charge is 0.464 e. The van der Waals surface area contributed by atoms with Gasteiger partial charge in [0.25, 0.3) is 0 Å². The number of nitrogens with one attached hydrogen (secondary N) is 1. The minimum Gasteiger partial charge on any atom is -0.464 e. The summed E-state index contributed by atoms with van der Waals surface area (Å²) in [4.78, 5) is 9.36. The zero-order chi connectivity index (χ0) is 14.2. The number of hydrogen-bond donors (Lipinski definition) is 1. The number of rotatable bonds is 2. The first-order valence-corrected chi connectivity index (χ1v) is 7.36. The normalized spacial score (nSPS) is 17.9. The second-order valence-corrected chi connectivity index (χ2v) is 5.47. The molecule has 2 heterocycles. The molecule has 4 heteroatoms. The highest BCUT2D eigenvalue weighted by Crippen LogP contribution is 2.32. The lowest BCUT2D eigenvalue weighted by molar-refractivity contribution is 0.488. The summed E-state index contributed by atoms with van der Waals surface area (Å²) in [6.07, 6.45) is 7.07. The Morgan fingerprint density at radius 3 is 3.10 bits per heavy atom. The van der Waals surface area contributed by atoms with E-state index in [1.165, 1.54) is 12.0 Å². The SMILES string of the molecule is CNC1CCCc2nc(-c3coc4ccccc34)ncc21. The van der Waals surface area contributed by atoms with Crippen LogP contribution in [0.2, 0.25) is 0 Å². The number of fused-ring (bicyclic) bond motifs is 2. The monoisotopic (exact) mass is 279 g/mol. The third-order valence-electron chi connectivity index (χ3n) is 4.25. The van der Waals surface area contributed by atoms with E-state index in [2.05, 4.69) is 10.3 Å². The van der Waals surface area contributed by atoms with Crippen LogP contribution in [0.4, 0.5) is 0 Å². The molecule has 21 heavy (non-hydrogen) atoms. The van der Waals surface area contributed by atoms with E-state index in [9.17, 15) is 0 Å². The third kappa shape index (κ3) is 2.03. The molecule has 1 aliphatic carbocycles. The van der Waals surface area contributed by atoms with Crippen molar-refractivity contribution in [2.75, 3.05) is 7.05 Å². The van der Waals surface area contributed by atoms with Gasteiger partial charge < -0.3 is 9.73 Å². The highest BCUT2D eigenvalue weighted by atomic mass is 16.3. The van der Waals surface area contributed by atoms with E-state index < -0.39 is 0 Å². The number of aryl methyl sites for hydroxylation is 1. The summed E-state index contributed by atoms with van der Waals surface area (Å²) in [7, 11) is 2.00.